The third-order valence-electron chi connectivity index (χ3n) is 8.46. The molecule has 2 aromatic carbocycles. The van der Waals surface area contributed by atoms with E-state index in [4.69, 9.17) is 39.9 Å². The molecule has 1 aliphatic heterocycles. The van der Waals surface area contributed by atoms with Gasteiger partial charge in [0, 0.05) is 22.0 Å². The van der Waals surface area contributed by atoms with Crippen LogP contribution in [0.2, 0.25) is 15.1 Å². The van der Waals surface area contributed by atoms with Crippen molar-refractivity contribution < 1.29 is 4.79 Å². The Bertz CT molecular complexity index is 1150. The molecule has 5 unspecified atom stereocenters. The first-order valence-electron chi connectivity index (χ1n) is 12.3. The normalized spacial score (nSPS) is 32.0. The van der Waals surface area contributed by atoms with Crippen molar-refractivity contribution in [2.75, 3.05) is 5.01 Å². The van der Waals surface area contributed by atoms with E-state index in [0.29, 0.717) is 27.2 Å². The van der Waals surface area contributed by atoms with Crippen molar-refractivity contribution in [1.82, 2.24) is 5.32 Å². The molecular formula is C27H28Cl3N3O. The van der Waals surface area contributed by atoms with Gasteiger partial charge in [0.1, 0.15) is 5.71 Å². The van der Waals surface area contributed by atoms with Gasteiger partial charge in [-0.25, -0.2) is 0 Å². The number of nitrogens with one attached hydrogen (secondary N) is 1. The van der Waals surface area contributed by atoms with Gasteiger partial charge in [0.2, 0.25) is 0 Å². The monoisotopic (exact) mass is 515 g/mol. The van der Waals surface area contributed by atoms with Gasteiger partial charge in [-0.1, -0.05) is 59.8 Å². The van der Waals surface area contributed by atoms with Gasteiger partial charge in [0.05, 0.1) is 16.8 Å². The van der Waals surface area contributed by atoms with Crippen molar-refractivity contribution in [1.29, 1.82) is 0 Å². The largest absolute Gasteiger partial charge is 0.345 e. The van der Waals surface area contributed by atoms with Crippen LogP contribution in [0.25, 0.3) is 0 Å². The van der Waals surface area contributed by atoms with Gasteiger partial charge in [-0.15, -0.1) is 0 Å². The fraction of sp³-hybridized carbons (Fsp3) is 0.481. The van der Waals surface area contributed by atoms with Crippen molar-refractivity contribution in [3.8, 4) is 0 Å². The number of carbonyl (C=O) groups is 1. The molecule has 0 saturated heterocycles. The highest BCUT2D eigenvalue weighted by molar-refractivity contribution is 6.40. The predicted molar refractivity (Wildman–Crippen MR) is 139 cm³/mol. The summed E-state index contributed by atoms with van der Waals surface area (Å²) in [6, 6.07) is 12.9. The molecule has 1 N–H and O–H groups in total. The lowest BCUT2D eigenvalue weighted by Crippen LogP contribution is -2.53. The van der Waals surface area contributed by atoms with Crippen LogP contribution >= 0.6 is 34.8 Å². The average molecular weight is 517 g/mol. The van der Waals surface area contributed by atoms with Gasteiger partial charge in [-0.2, -0.15) is 5.10 Å². The highest BCUT2D eigenvalue weighted by Gasteiger charge is 2.50. The van der Waals surface area contributed by atoms with Crippen molar-refractivity contribution in [2.45, 2.75) is 62.9 Å². The fourth-order valence-electron chi connectivity index (χ4n) is 7.11. The van der Waals surface area contributed by atoms with Gasteiger partial charge >= 0.3 is 0 Å². The molecule has 34 heavy (non-hydrogen) atoms. The molecule has 5 atom stereocenters. The molecule has 3 saturated carbocycles. The van der Waals surface area contributed by atoms with Crippen LogP contribution in [0.1, 0.15) is 63.0 Å². The molecule has 178 valence electrons. The number of amides is 1. The number of nitrogens with zero attached hydrogens (tertiary/aromatic N) is 2. The maximum atomic E-state index is 13.6. The molecule has 3 fully saturated rings. The lowest BCUT2D eigenvalue weighted by molar-refractivity contribution is -0.117. The average Bonchev–Trinajstić information content (AvgIpc) is 3.32. The lowest BCUT2D eigenvalue weighted by Gasteiger charge is -2.41. The summed E-state index contributed by atoms with van der Waals surface area (Å²) in [6.45, 7) is 0. The third kappa shape index (κ3) is 4.12. The van der Waals surface area contributed by atoms with E-state index in [1.165, 1.54) is 25.7 Å². The zero-order chi connectivity index (χ0) is 23.4. The minimum atomic E-state index is -0.143. The first-order valence-corrected chi connectivity index (χ1v) is 13.4. The van der Waals surface area contributed by atoms with Gasteiger partial charge in [-0.3, -0.25) is 9.80 Å². The molecule has 2 aromatic rings. The van der Waals surface area contributed by atoms with Crippen LogP contribution in [0, 0.1) is 17.8 Å². The van der Waals surface area contributed by atoms with Gasteiger partial charge in [0.15, 0.2) is 0 Å². The van der Waals surface area contributed by atoms with Crippen LogP contribution in [0.3, 0.4) is 0 Å². The second-order valence-corrected chi connectivity index (χ2v) is 11.9. The summed E-state index contributed by atoms with van der Waals surface area (Å²) < 4.78 is 0. The number of carbonyl (C=O) groups excluding carboxylic acids is 1. The summed E-state index contributed by atoms with van der Waals surface area (Å²) in [6.07, 6.45) is 9.07. The Morgan fingerprint density at radius 2 is 1.76 bits per heavy atom. The van der Waals surface area contributed by atoms with Crippen LogP contribution in [0.4, 0.5) is 5.69 Å². The zero-order valence-electron chi connectivity index (χ0n) is 18.9. The minimum absolute atomic E-state index is 0.0358. The number of halogens is 3. The Hall–Kier alpha value is -1.75. The van der Waals surface area contributed by atoms with E-state index in [1.807, 2.05) is 35.3 Å². The summed E-state index contributed by atoms with van der Waals surface area (Å²) in [5.41, 5.74) is 2.26. The van der Waals surface area contributed by atoms with E-state index in [2.05, 4.69) is 5.32 Å². The Balaban J connectivity index is 1.30. The zero-order valence-corrected chi connectivity index (χ0v) is 21.2. The quantitative estimate of drug-likeness (QED) is 0.459. The molecule has 4 aliphatic rings. The highest BCUT2D eigenvalue weighted by atomic mass is 35.5. The Morgan fingerprint density at radius 1 is 1.00 bits per heavy atom. The molecule has 1 heterocycles. The first kappa shape index (κ1) is 22.7. The molecule has 7 heteroatoms. The molecular weight excluding hydrogens is 489 g/mol. The van der Waals surface area contributed by atoms with Crippen molar-refractivity contribution in [3.63, 3.8) is 0 Å². The number of hydrogen-bond donors (Lipinski definition) is 1. The Morgan fingerprint density at radius 3 is 2.56 bits per heavy atom. The number of fused-ring (bicyclic) bond motifs is 2. The van der Waals surface area contributed by atoms with E-state index in [-0.39, 0.29) is 17.5 Å². The number of benzene rings is 2. The minimum Gasteiger partial charge on any atom is -0.345 e. The van der Waals surface area contributed by atoms with Crippen LogP contribution in [0.5, 0.6) is 0 Å². The number of anilines is 1. The molecule has 0 radical (unpaired) electrons. The SMILES string of the molecule is O=C(NC12CCCC3CC(CC3C1)C2)C1=NN(c2ccc(Cl)cc2Cl)C(c2ccc(Cl)cc2)C1. The lowest BCUT2D eigenvalue weighted by atomic mass is 9.73. The van der Waals surface area contributed by atoms with E-state index in [9.17, 15) is 4.79 Å². The summed E-state index contributed by atoms with van der Waals surface area (Å²) >= 11 is 18.8. The van der Waals surface area contributed by atoms with Gasteiger partial charge in [-0.05, 0) is 85.8 Å². The van der Waals surface area contributed by atoms with Crippen LogP contribution in [-0.4, -0.2) is 17.2 Å². The Labute approximate surface area is 215 Å². The molecule has 1 amide bonds. The third-order valence-corrected chi connectivity index (χ3v) is 9.25. The molecule has 3 bridgehead atoms. The summed E-state index contributed by atoms with van der Waals surface area (Å²) in [5, 5.41) is 11.9. The van der Waals surface area contributed by atoms with E-state index in [0.717, 1.165) is 48.3 Å². The fourth-order valence-corrected chi connectivity index (χ4v) is 7.73. The first-order chi connectivity index (χ1) is 16.4. The standard InChI is InChI=1S/C27H28Cl3N3O/c28-20-5-3-17(4-6-20)25-13-23(32-33(25)24-8-7-21(29)12-22(24)30)26(34)31-27-9-1-2-18-10-16(14-27)11-19(18)15-27/h3-8,12,16,18-19,25H,1-2,9-11,13-15H2,(H,31,34). The summed E-state index contributed by atoms with van der Waals surface area (Å²) in [4.78, 5) is 13.6. The van der Waals surface area contributed by atoms with Gasteiger partial charge in [0.25, 0.3) is 5.91 Å². The van der Waals surface area contributed by atoms with Crippen LogP contribution in [-0.2, 0) is 4.79 Å². The number of hydrogen-bond acceptors (Lipinski definition) is 3. The predicted octanol–water partition coefficient (Wildman–Crippen LogP) is 7.43. The summed E-state index contributed by atoms with van der Waals surface area (Å²) in [5.74, 6) is 2.37. The smallest absolute Gasteiger partial charge is 0.268 e. The maximum Gasteiger partial charge on any atom is 0.268 e. The maximum absolute atomic E-state index is 13.6. The van der Waals surface area contributed by atoms with Gasteiger partial charge < -0.3 is 5.32 Å². The molecule has 3 aliphatic carbocycles. The molecule has 0 aromatic heterocycles. The van der Waals surface area contributed by atoms with Crippen molar-refractivity contribution in [2.24, 2.45) is 22.9 Å². The number of hydrazone groups is 1. The van der Waals surface area contributed by atoms with Crippen molar-refractivity contribution in [3.05, 3.63) is 63.1 Å². The second-order valence-electron chi connectivity index (χ2n) is 10.7. The van der Waals surface area contributed by atoms with Crippen LogP contribution in [0.15, 0.2) is 47.6 Å². The second kappa shape index (κ2) is 8.72. The molecule has 6 rings (SSSR count). The van der Waals surface area contributed by atoms with E-state index >= 15 is 0 Å². The van der Waals surface area contributed by atoms with Crippen molar-refractivity contribution >= 4 is 52.1 Å². The Kier molecular flexibility index (Phi) is 5.82. The highest BCUT2D eigenvalue weighted by Crippen LogP contribution is 2.55. The molecule has 0 spiro atoms. The van der Waals surface area contributed by atoms with E-state index < -0.39 is 0 Å². The molecule has 4 nitrogen and oxygen atoms in total. The van der Waals surface area contributed by atoms with E-state index in [1.54, 1.807) is 12.1 Å². The number of rotatable bonds is 4. The van der Waals surface area contributed by atoms with Crippen LogP contribution < -0.4 is 10.3 Å². The topological polar surface area (TPSA) is 44.7 Å². The summed E-state index contributed by atoms with van der Waals surface area (Å²) in [7, 11) is 0.